The second-order valence-corrected chi connectivity index (χ2v) is 9.19. The zero-order chi connectivity index (χ0) is 20.9. The number of pyridine rings is 1. The number of aryl methyl sites for hydroxylation is 1. The van der Waals surface area contributed by atoms with Crippen LogP contribution in [0, 0.1) is 12.8 Å². The number of piperidine rings is 1. The summed E-state index contributed by atoms with van der Waals surface area (Å²) >= 11 is 5.94. The van der Waals surface area contributed by atoms with Crippen LogP contribution in [0.1, 0.15) is 18.4 Å². The van der Waals surface area contributed by atoms with Crippen molar-refractivity contribution >= 4 is 27.5 Å². The van der Waals surface area contributed by atoms with Gasteiger partial charge in [-0.1, -0.05) is 23.7 Å². The standard InChI is InChI=1S/C20H24ClN3O4S/c1-15-4-2-5-17(14-15)28-13-10-23-20(25)16-7-11-24(12-8-16)29(26,27)18-6-3-9-22-19(18)21/h2-6,9,14,16H,7-8,10-13H2,1H3,(H,23,25). The lowest BCUT2D eigenvalue weighted by Gasteiger charge is -2.30. The number of benzene rings is 1. The number of hydrogen-bond acceptors (Lipinski definition) is 5. The Balaban J connectivity index is 1.45. The number of amides is 1. The molecule has 0 radical (unpaired) electrons. The highest BCUT2D eigenvalue weighted by molar-refractivity contribution is 7.89. The van der Waals surface area contributed by atoms with Crippen molar-refractivity contribution in [2.75, 3.05) is 26.2 Å². The molecule has 2 aromatic rings. The van der Waals surface area contributed by atoms with Crippen LogP contribution in [0.25, 0.3) is 0 Å². The molecule has 1 amide bonds. The van der Waals surface area contributed by atoms with E-state index in [9.17, 15) is 13.2 Å². The third-order valence-electron chi connectivity index (χ3n) is 4.83. The maximum absolute atomic E-state index is 12.7. The van der Waals surface area contributed by atoms with Gasteiger partial charge in [0.25, 0.3) is 0 Å². The van der Waals surface area contributed by atoms with E-state index in [-0.39, 0.29) is 35.0 Å². The lowest BCUT2D eigenvalue weighted by molar-refractivity contribution is -0.126. The minimum Gasteiger partial charge on any atom is -0.492 e. The summed E-state index contributed by atoms with van der Waals surface area (Å²) in [6, 6.07) is 10.7. The highest BCUT2D eigenvalue weighted by atomic mass is 35.5. The van der Waals surface area contributed by atoms with Gasteiger partial charge >= 0.3 is 0 Å². The van der Waals surface area contributed by atoms with Gasteiger partial charge in [-0.25, -0.2) is 13.4 Å². The fourth-order valence-corrected chi connectivity index (χ4v) is 5.15. The summed E-state index contributed by atoms with van der Waals surface area (Å²) in [6.45, 7) is 3.30. The smallest absolute Gasteiger partial charge is 0.246 e. The number of sulfonamides is 1. The van der Waals surface area contributed by atoms with Crippen molar-refractivity contribution in [2.45, 2.75) is 24.7 Å². The third-order valence-corrected chi connectivity index (χ3v) is 7.17. The fourth-order valence-electron chi connectivity index (χ4n) is 3.25. The number of carbonyl (C=O) groups is 1. The summed E-state index contributed by atoms with van der Waals surface area (Å²) in [5.41, 5.74) is 1.11. The molecule has 1 fully saturated rings. The summed E-state index contributed by atoms with van der Waals surface area (Å²) in [5, 5.41) is 2.83. The number of hydrogen-bond donors (Lipinski definition) is 1. The number of carbonyl (C=O) groups excluding carboxylic acids is 1. The van der Waals surface area contributed by atoms with Crippen molar-refractivity contribution in [3.8, 4) is 5.75 Å². The first-order valence-corrected chi connectivity index (χ1v) is 11.3. The molecular weight excluding hydrogens is 414 g/mol. The molecule has 2 heterocycles. The van der Waals surface area contributed by atoms with E-state index in [1.807, 2.05) is 31.2 Å². The molecule has 1 aromatic carbocycles. The lowest BCUT2D eigenvalue weighted by atomic mass is 9.97. The number of ether oxygens (including phenoxy) is 1. The van der Waals surface area contributed by atoms with Gasteiger partial charge in [-0.2, -0.15) is 4.31 Å². The minimum atomic E-state index is -3.71. The third kappa shape index (κ3) is 5.46. The predicted molar refractivity (Wildman–Crippen MR) is 110 cm³/mol. The first-order chi connectivity index (χ1) is 13.9. The van der Waals surface area contributed by atoms with E-state index in [0.717, 1.165) is 11.3 Å². The summed E-state index contributed by atoms with van der Waals surface area (Å²) < 4.78 is 32.5. The first-order valence-electron chi connectivity index (χ1n) is 9.46. The minimum absolute atomic E-state index is 0.00198. The molecule has 29 heavy (non-hydrogen) atoms. The zero-order valence-electron chi connectivity index (χ0n) is 16.2. The Morgan fingerprint density at radius 1 is 1.28 bits per heavy atom. The number of rotatable bonds is 7. The Bertz CT molecular complexity index is 960. The van der Waals surface area contributed by atoms with Gasteiger partial charge in [-0.3, -0.25) is 4.79 Å². The normalized spacial score (nSPS) is 15.8. The molecule has 1 aromatic heterocycles. The highest BCUT2D eigenvalue weighted by Gasteiger charge is 2.33. The van der Waals surface area contributed by atoms with E-state index in [1.165, 1.54) is 22.6 Å². The summed E-state index contributed by atoms with van der Waals surface area (Å²) in [4.78, 5) is 16.2. The quantitative estimate of drug-likeness (QED) is 0.531. The summed E-state index contributed by atoms with van der Waals surface area (Å²) in [6.07, 6.45) is 2.37. The van der Waals surface area contributed by atoms with Crippen molar-refractivity contribution in [1.29, 1.82) is 0 Å². The van der Waals surface area contributed by atoms with Gasteiger partial charge in [0.05, 0.1) is 6.54 Å². The Hall–Kier alpha value is -2.16. The van der Waals surface area contributed by atoms with Crippen LogP contribution in [0.3, 0.4) is 0 Å². The zero-order valence-corrected chi connectivity index (χ0v) is 17.7. The Kier molecular flexibility index (Phi) is 7.10. The van der Waals surface area contributed by atoms with Crippen molar-refractivity contribution in [2.24, 2.45) is 5.92 Å². The van der Waals surface area contributed by atoms with Gasteiger partial charge in [-0.05, 0) is 49.6 Å². The second kappa shape index (κ2) is 9.56. The Labute approximate surface area is 176 Å². The van der Waals surface area contributed by atoms with Gasteiger partial charge in [0.2, 0.25) is 15.9 Å². The van der Waals surface area contributed by atoms with Crippen molar-refractivity contribution < 1.29 is 17.9 Å². The molecule has 0 spiro atoms. The van der Waals surface area contributed by atoms with E-state index in [4.69, 9.17) is 16.3 Å². The molecular formula is C20H24ClN3O4S. The molecule has 0 unspecified atom stereocenters. The number of halogens is 1. The molecule has 0 bridgehead atoms. The largest absolute Gasteiger partial charge is 0.492 e. The van der Waals surface area contributed by atoms with Crippen LogP contribution in [-0.4, -0.2) is 49.9 Å². The van der Waals surface area contributed by atoms with Crippen molar-refractivity contribution in [3.05, 3.63) is 53.3 Å². The van der Waals surface area contributed by atoms with Crippen LogP contribution in [0.5, 0.6) is 5.75 Å². The summed E-state index contributed by atoms with van der Waals surface area (Å²) in [7, 11) is -3.71. The number of nitrogens with zero attached hydrogens (tertiary/aromatic N) is 2. The van der Waals surface area contributed by atoms with Gasteiger partial charge in [0.15, 0.2) is 0 Å². The molecule has 1 aliphatic rings. The van der Waals surface area contributed by atoms with Crippen LogP contribution in [0.4, 0.5) is 0 Å². The van der Waals surface area contributed by atoms with Crippen LogP contribution < -0.4 is 10.1 Å². The predicted octanol–water partition coefficient (Wildman–Crippen LogP) is 2.64. The molecule has 1 saturated heterocycles. The molecule has 9 heteroatoms. The van der Waals surface area contributed by atoms with Gasteiger partial charge in [-0.15, -0.1) is 0 Å². The highest BCUT2D eigenvalue weighted by Crippen LogP contribution is 2.27. The Morgan fingerprint density at radius 2 is 2.03 bits per heavy atom. The van der Waals surface area contributed by atoms with Crippen LogP contribution in [0.2, 0.25) is 5.15 Å². The van der Waals surface area contributed by atoms with Gasteiger partial charge < -0.3 is 10.1 Å². The molecule has 3 rings (SSSR count). The molecule has 0 aliphatic carbocycles. The first kappa shape index (κ1) is 21.5. The molecule has 0 saturated carbocycles. The fraction of sp³-hybridized carbons (Fsp3) is 0.400. The number of nitrogens with one attached hydrogen (secondary N) is 1. The average molecular weight is 438 g/mol. The molecule has 1 aliphatic heterocycles. The van der Waals surface area contributed by atoms with Crippen LogP contribution in [0.15, 0.2) is 47.5 Å². The number of aromatic nitrogens is 1. The molecule has 1 N–H and O–H groups in total. The second-order valence-electron chi connectivity index (χ2n) is 6.93. The van der Waals surface area contributed by atoms with Gasteiger partial charge in [0.1, 0.15) is 22.4 Å². The average Bonchev–Trinajstić information content (AvgIpc) is 2.71. The SMILES string of the molecule is Cc1cccc(OCCNC(=O)C2CCN(S(=O)(=O)c3cccnc3Cl)CC2)c1. The van der Waals surface area contributed by atoms with E-state index in [1.54, 1.807) is 0 Å². The van der Waals surface area contributed by atoms with E-state index < -0.39 is 10.0 Å². The van der Waals surface area contributed by atoms with E-state index in [2.05, 4.69) is 10.3 Å². The van der Waals surface area contributed by atoms with Crippen molar-refractivity contribution in [3.63, 3.8) is 0 Å². The van der Waals surface area contributed by atoms with Crippen LogP contribution in [-0.2, 0) is 14.8 Å². The molecule has 7 nitrogen and oxygen atoms in total. The van der Waals surface area contributed by atoms with E-state index in [0.29, 0.717) is 26.0 Å². The summed E-state index contributed by atoms with van der Waals surface area (Å²) in [5.74, 6) is 0.478. The molecule has 0 atom stereocenters. The Morgan fingerprint density at radius 3 is 2.72 bits per heavy atom. The maximum atomic E-state index is 12.7. The van der Waals surface area contributed by atoms with E-state index >= 15 is 0 Å². The maximum Gasteiger partial charge on any atom is 0.246 e. The van der Waals surface area contributed by atoms with Gasteiger partial charge in [0, 0.05) is 25.2 Å². The van der Waals surface area contributed by atoms with Crippen LogP contribution >= 0.6 is 11.6 Å². The topological polar surface area (TPSA) is 88.6 Å². The van der Waals surface area contributed by atoms with Crippen molar-refractivity contribution in [1.82, 2.24) is 14.6 Å². The monoisotopic (exact) mass is 437 g/mol. The lowest BCUT2D eigenvalue weighted by Crippen LogP contribution is -2.43. The molecule has 156 valence electrons.